The van der Waals surface area contributed by atoms with Crippen LogP contribution in [0.5, 0.6) is 0 Å². The molecule has 3 rings (SSSR count). The minimum atomic E-state index is -0.200. The fourth-order valence-electron chi connectivity index (χ4n) is 3.35. The van der Waals surface area contributed by atoms with Crippen LogP contribution in [0.15, 0.2) is 6.07 Å². The number of hydrogen-bond acceptors (Lipinski definition) is 3. The average Bonchev–Trinajstić information content (AvgIpc) is 3.08. The molecular weight excluding hydrogens is 254 g/mol. The summed E-state index contributed by atoms with van der Waals surface area (Å²) in [4.78, 5) is 14.4. The van der Waals surface area contributed by atoms with Crippen LogP contribution in [-0.4, -0.2) is 46.4 Å². The standard InChI is InChI=1S/C15H23N3O2/c1-11-9-12(2)18(16-11)13-5-3-7-17(10-13)15(19)14-6-4-8-20-14/h9,13-14H,3-8,10H2,1-2H3/t13-,14+/m0/s1. The predicted molar refractivity (Wildman–Crippen MR) is 75.5 cm³/mol. The molecule has 0 N–H and O–H groups in total. The first kappa shape index (κ1) is 13.6. The maximum atomic E-state index is 12.4. The first-order valence-electron chi connectivity index (χ1n) is 7.58. The summed E-state index contributed by atoms with van der Waals surface area (Å²) in [6.07, 6.45) is 3.82. The highest BCUT2D eigenvalue weighted by atomic mass is 16.5. The van der Waals surface area contributed by atoms with E-state index in [2.05, 4.69) is 22.8 Å². The van der Waals surface area contributed by atoms with Crippen LogP contribution in [-0.2, 0) is 9.53 Å². The quantitative estimate of drug-likeness (QED) is 0.828. The summed E-state index contributed by atoms with van der Waals surface area (Å²) in [5.74, 6) is 0.175. The summed E-state index contributed by atoms with van der Waals surface area (Å²) in [5, 5.41) is 4.57. The molecule has 0 aromatic carbocycles. The number of amides is 1. The summed E-state index contributed by atoms with van der Waals surface area (Å²) in [6.45, 7) is 6.45. The zero-order valence-corrected chi connectivity index (χ0v) is 12.3. The largest absolute Gasteiger partial charge is 0.368 e. The normalized spacial score (nSPS) is 27.0. The minimum absolute atomic E-state index is 0.175. The van der Waals surface area contributed by atoms with Crippen molar-refractivity contribution in [2.75, 3.05) is 19.7 Å². The first-order chi connectivity index (χ1) is 9.65. The lowest BCUT2D eigenvalue weighted by atomic mass is 10.0. The zero-order valence-electron chi connectivity index (χ0n) is 12.3. The molecule has 2 fully saturated rings. The van der Waals surface area contributed by atoms with Gasteiger partial charge in [-0.2, -0.15) is 5.10 Å². The Labute approximate surface area is 119 Å². The van der Waals surface area contributed by atoms with Crippen LogP contribution in [0.25, 0.3) is 0 Å². The van der Waals surface area contributed by atoms with Crippen molar-refractivity contribution in [3.05, 3.63) is 17.5 Å². The van der Waals surface area contributed by atoms with E-state index < -0.39 is 0 Å². The summed E-state index contributed by atoms with van der Waals surface area (Å²) in [6, 6.07) is 2.41. The molecule has 3 heterocycles. The molecule has 2 aliphatic rings. The van der Waals surface area contributed by atoms with Gasteiger partial charge in [0.05, 0.1) is 11.7 Å². The molecule has 110 valence electrons. The van der Waals surface area contributed by atoms with Crippen LogP contribution in [0.3, 0.4) is 0 Å². The second-order valence-corrected chi connectivity index (χ2v) is 5.95. The fourth-order valence-corrected chi connectivity index (χ4v) is 3.35. The maximum absolute atomic E-state index is 12.4. The molecule has 2 atom stereocenters. The molecule has 1 aromatic rings. The van der Waals surface area contributed by atoms with Gasteiger partial charge in [-0.15, -0.1) is 0 Å². The summed E-state index contributed by atoms with van der Waals surface area (Å²) in [5.41, 5.74) is 2.23. The lowest BCUT2D eigenvalue weighted by molar-refractivity contribution is -0.142. The van der Waals surface area contributed by atoms with Crippen molar-refractivity contribution < 1.29 is 9.53 Å². The minimum Gasteiger partial charge on any atom is -0.368 e. The van der Waals surface area contributed by atoms with E-state index >= 15 is 0 Å². The van der Waals surface area contributed by atoms with Crippen LogP contribution >= 0.6 is 0 Å². The molecule has 20 heavy (non-hydrogen) atoms. The number of piperidine rings is 1. The monoisotopic (exact) mass is 277 g/mol. The Balaban J connectivity index is 1.70. The van der Waals surface area contributed by atoms with Gasteiger partial charge in [0.15, 0.2) is 0 Å². The molecule has 0 aliphatic carbocycles. The number of hydrogen-bond donors (Lipinski definition) is 0. The van der Waals surface area contributed by atoms with Gasteiger partial charge in [-0.3, -0.25) is 9.48 Å². The van der Waals surface area contributed by atoms with Gasteiger partial charge >= 0.3 is 0 Å². The number of carbonyl (C=O) groups is 1. The average molecular weight is 277 g/mol. The Morgan fingerprint density at radius 3 is 2.85 bits per heavy atom. The zero-order chi connectivity index (χ0) is 14.1. The summed E-state index contributed by atoms with van der Waals surface area (Å²) < 4.78 is 7.61. The third-order valence-corrected chi connectivity index (χ3v) is 4.30. The van der Waals surface area contributed by atoms with Gasteiger partial charge in [-0.25, -0.2) is 0 Å². The molecular formula is C15H23N3O2. The number of ether oxygens (including phenoxy) is 1. The fraction of sp³-hybridized carbons (Fsp3) is 0.733. The predicted octanol–water partition coefficient (Wildman–Crippen LogP) is 1.84. The number of aryl methyl sites for hydroxylation is 2. The Bertz CT molecular complexity index is 491. The van der Waals surface area contributed by atoms with Gasteiger partial charge in [0.2, 0.25) is 0 Å². The van der Waals surface area contributed by atoms with Gasteiger partial charge in [-0.05, 0) is 45.6 Å². The number of rotatable bonds is 2. The second kappa shape index (κ2) is 5.56. The van der Waals surface area contributed by atoms with Crippen LogP contribution in [0.4, 0.5) is 0 Å². The number of likely N-dealkylation sites (tertiary alicyclic amines) is 1. The van der Waals surface area contributed by atoms with Crippen molar-refractivity contribution in [2.45, 2.75) is 51.7 Å². The molecule has 0 saturated carbocycles. The van der Waals surface area contributed by atoms with E-state index in [1.807, 2.05) is 11.8 Å². The number of nitrogens with zero attached hydrogens (tertiary/aromatic N) is 3. The van der Waals surface area contributed by atoms with E-state index in [-0.39, 0.29) is 12.0 Å². The molecule has 0 radical (unpaired) electrons. The van der Waals surface area contributed by atoms with Crippen LogP contribution in [0, 0.1) is 13.8 Å². The van der Waals surface area contributed by atoms with E-state index in [1.165, 1.54) is 5.69 Å². The number of carbonyl (C=O) groups excluding carboxylic acids is 1. The van der Waals surface area contributed by atoms with Crippen LogP contribution in [0.1, 0.15) is 43.1 Å². The highest BCUT2D eigenvalue weighted by Crippen LogP contribution is 2.25. The second-order valence-electron chi connectivity index (χ2n) is 5.95. The highest BCUT2D eigenvalue weighted by Gasteiger charge is 2.32. The molecule has 5 nitrogen and oxygen atoms in total. The number of aromatic nitrogens is 2. The van der Waals surface area contributed by atoms with E-state index in [0.717, 1.165) is 51.1 Å². The molecule has 0 spiro atoms. The van der Waals surface area contributed by atoms with E-state index in [9.17, 15) is 4.79 Å². The SMILES string of the molecule is Cc1cc(C)n([C@H]2CCCN(C(=O)[C@H]3CCCO3)C2)n1. The van der Waals surface area contributed by atoms with Crippen molar-refractivity contribution in [1.82, 2.24) is 14.7 Å². The summed E-state index contributed by atoms with van der Waals surface area (Å²) >= 11 is 0. The molecule has 0 unspecified atom stereocenters. The third-order valence-electron chi connectivity index (χ3n) is 4.30. The van der Waals surface area contributed by atoms with Crippen LogP contribution in [0.2, 0.25) is 0 Å². The third kappa shape index (κ3) is 2.59. The molecule has 2 aliphatic heterocycles. The molecule has 2 saturated heterocycles. The Morgan fingerprint density at radius 2 is 2.20 bits per heavy atom. The Morgan fingerprint density at radius 1 is 1.35 bits per heavy atom. The van der Waals surface area contributed by atoms with Gasteiger partial charge in [0.25, 0.3) is 5.91 Å². The van der Waals surface area contributed by atoms with Gasteiger partial charge in [0, 0.05) is 25.4 Å². The van der Waals surface area contributed by atoms with Crippen molar-refractivity contribution in [1.29, 1.82) is 0 Å². The van der Waals surface area contributed by atoms with Crippen LogP contribution < -0.4 is 0 Å². The molecule has 0 bridgehead atoms. The lowest BCUT2D eigenvalue weighted by Crippen LogP contribution is -2.45. The van der Waals surface area contributed by atoms with Crippen molar-refractivity contribution in [3.8, 4) is 0 Å². The van der Waals surface area contributed by atoms with Crippen molar-refractivity contribution in [3.63, 3.8) is 0 Å². The highest BCUT2D eigenvalue weighted by molar-refractivity contribution is 5.81. The summed E-state index contributed by atoms with van der Waals surface area (Å²) in [7, 11) is 0. The topological polar surface area (TPSA) is 47.4 Å². The smallest absolute Gasteiger partial charge is 0.251 e. The van der Waals surface area contributed by atoms with E-state index in [0.29, 0.717) is 6.04 Å². The molecule has 1 aromatic heterocycles. The van der Waals surface area contributed by atoms with Crippen molar-refractivity contribution in [2.24, 2.45) is 0 Å². The maximum Gasteiger partial charge on any atom is 0.251 e. The van der Waals surface area contributed by atoms with Gasteiger partial charge < -0.3 is 9.64 Å². The van der Waals surface area contributed by atoms with Gasteiger partial charge in [0.1, 0.15) is 6.10 Å². The lowest BCUT2D eigenvalue weighted by Gasteiger charge is -2.34. The van der Waals surface area contributed by atoms with Gasteiger partial charge in [-0.1, -0.05) is 0 Å². The Kier molecular flexibility index (Phi) is 3.78. The molecule has 1 amide bonds. The van der Waals surface area contributed by atoms with E-state index in [4.69, 9.17) is 4.74 Å². The first-order valence-corrected chi connectivity index (χ1v) is 7.58. The van der Waals surface area contributed by atoms with Crippen molar-refractivity contribution >= 4 is 5.91 Å². The Hall–Kier alpha value is -1.36. The molecule has 5 heteroatoms. The van der Waals surface area contributed by atoms with E-state index in [1.54, 1.807) is 0 Å².